The number of hydrogen-bond acceptors (Lipinski definition) is 14. The Hall–Kier alpha value is -1.37. The normalized spacial score (nSPS) is 21.8. The Labute approximate surface area is 398 Å². The van der Waals surface area contributed by atoms with Crippen molar-refractivity contribution in [2.45, 2.75) is 236 Å². The van der Waals surface area contributed by atoms with Gasteiger partial charge in [0.15, 0.2) is 6.10 Å². The lowest BCUT2D eigenvalue weighted by atomic mass is 9.85. The van der Waals surface area contributed by atoms with Crippen LogP contribution in [0.25, 0.3) is 0 Å². The molecule has 0 radical (unpaired) electrons. The minimum atomic E-state index is -5.60. The van der Waals surface area contributed by atoms with E-state index in [1.807, 2.05) is 0 Å². The van der Waals surface area contributed by atoms with Crippen LogP contribution in [-0.2, 0) is 50.9 Å². The van der Waals surface area contributed by atoms with Crippen LogP contribution in [0.4, 0.5) is 0 Å². The van der Waals surface area contributed by atoms with Crippen LogP contribution in [0.5, 0.6) is 0 Å². The smallest absolute Gasteiger partial charge is 0.462 e. The van der Waals surface area contributed by atoms with Gasteiger partial charge in [-0.3, -0.25) is 27.7 Å². The number of phosphoric ester groups is 3. The summed E-state index contributed by atoms with van der Waals surface area (Å²) in [5, 5.41) is 31.9. The van der Waals surface area contributed by atoms with Gasteiger partial charge in [-0.15, -0.1) is 0 Å². The first kappa shape index (κ1) is 63.6. The minimum absolute atomic E-state index is 0.0119. The lowest BCUT2D eigenvalue weighted by Gasteiger charge is -2.44. The van der Waals surface area contributed by atoms with Gasteiger partial charge in [0.1, 0.15) is 43.2 Å². The maximum atomic E-state index is 13.1. The average Bonchev–Trinajstić information content (AvgIpc) is 3.25. The zero-order chi connectivity index (χ0) is 50.0. The van der Waals surface area contributed by atoms with E-state index in [-0.39, 0.29) is 12.8 Å². The molecule has 394 valence electrons. The maximum absolute atomic E-state index is 13.1. The van der Waals surface area contributed by atoms with Gasteiger partial charge in [0.05, 0.1) is 6.61 Å². The van der Waals surface area contributed by atoms with Crippen LogP contribution < -0.4 is 0 Å². The zero-order valence-corrected chi connectivity index (χ0v) is 42.7. The predicted molar refractivity (Wildman–Crippen MR) is 252 cm³/mol. The fraction of sp³-hybridized carbons (Fsp3) is 0.867. The standard InChI is InChI=1S/C45H85O19P3/c1-3-5-7-9-11-13-15-17-19-21-23-25-27-29-31-33-38(46)59-35-37(61-39(47)34-32-30-28-26-24-22-20-18-16-14-12-10-8-6-4-2)36-60-67(57,58)64-43-40(48)41(49)44(62-65(51,52)53)45(42(43)50)63-66(54,55)56/h17-20,37,40-45,48-50H,3-16,21-36H2,1-2H3,(H,57,58)(H2,51,52,53)(H2,54,55,56)/b19-17-,20-18-/t37-,40-,41-,42+,43+,44+,45+/m1/s1. The summed E-state index contributed by atoms with van der Waals surface area (Å²) in [6.45, 7) is 2.93. The van der Waals surface area contributed by atoms with Gasteiger partial charge in [-0.1, -0.05) is 141 Å². The zero-order valence-electron chi connectivity index (χ0n) is 40.0. The summed E-state index contributed by atoms with van der Waals surface area (Å²) < 4.78 is 65.5. The molecule has 1 aliphatic rings. The molecular weight excluding hydrogens is 937 g/mol. The van der Waals surface area contributed by atoms with Crippen molar-refractivity contribution in [1.82, 2.24) is 0 Å². The van der Waals surface area contributed by atoms with Crippen LogP contribution in [-0.4, -0.2) is 108 Å². The van der Waals surface area contributed by atoms with E-state index in [2.05, 4.69) is 47.2 Å². The molecule has 1 fully saturated rings. The molecule has 0 bridgehead atoms. The van der Waals surface area contributed by atoms with E-state index in [4.69, 9.17) is 18.5 Å². The highest BCUT2D eigenvalue weighted by atomic mass is 31.2. The summed E-state index contributed by atoms with van der Waals surface area (Å²) >= 11 is 0. The van der Waals surface area contributed by atoms with E-state index in [9.17, 15) is 63.1 Å². The van der Waals surface area contributed by atoms with Gasteiger partial charge < -0.3 is 49.3 Å². The van der Waals surface area contributed by atoms with Gasteiger partial charge >= 0.3 is 35.4 Å². The van der Waals surface area contributed by atoms with Crippen LogP contribution in [0.15, 0.2) is 24.3 Å². The molecule has 1 rings (SSSR count). The second-order valence-corrected chi connectivity index (χ2v) is 21.2. The molecule has 22 heteroatoms. The topological polar surface area (TPSA) is 303 Å². The molecular formula is C45H85O19P3. The molecule has 0 aliphatic heterocycles. The number of esters is 2. The molecule has 0 amide bonds. The number of ether oxygens (including phenoxy) is 2. The third-order valence-corrected chi connectivity index (χ3v) is 13.3. The molecule has 0 saturated heterocycles. The second kappa shape index (κ2) is 37.4. The van der Waals surface area contributed by atoms with Crippen molar-refractivity contribution in [3.8, 4) is 0 Å². The van der Waals surface area contributed by atoms with Crippen LogP contribution in [0.3, 0.4) is 0 Å². The molecule has 8 N–H and O–H groups in total. The number of phosphoric acid groups is 3. The SMILES string of the molecule is CCCCCCCC/C=C\CCCCCCCC(=O)OC[C@H](COP(=O)(O)O[C@H]1[C@H](O)[C@@H](O)[C@H](OP(=O)(O)O)[C@@H](OP(=O)(O)O)[C@H]1O)OC(=O)CCCCCCC/C=C\CCCCCCCC. The van der Waals surface area contributed by atoms with E-state index in [1.165, 1.54) is 77.0 Å². The second-order valence-electron chi connectivity index (χ2n) is 17.4. The molecule has 1 aliphatic carbocycles. The average molecular weight is 1020 g/mol. The molecule has 1 saturated carbocycles. The maximum Gasteiger partial charge on any atom is 0.472 e. The highest BCUT2D eigenvalue weighted by molar-refractivity contribution is 7.47. The quantitative estimate of drug-likeness (QED) is 0.0122. The van der Waals surface area contributed by atoms with Crippen LogP contribution in [0.2, 0.25) is 0 Å². The van der Waals surface area contributed by atoms with Gasteiger partial charge in [0, 0.05) is 12.8 Å². The number of rotatable bonds is 42. The van der Waals surface area contributed by atoms with Crippen LogP contribution in [0.1, 0.15) is 194 Å². The Morgan fingerprint density at radius 3 is 1.24 bits per heavy atom. The number of aliphatic hydroxyl groups excluding tert-OH is 3. The van der Waals surface area contributed by atoms with Crippen molar-refractivity contribution in [2.75, 3.05) is 13.2 Å². The fourth-order valence-electron chi connectivity index (χ4n) is 7.51. The summed E-state index contributed by atoms with van der Waals surface area (Å²) in [5.41, 5.74) is 0. The lowest BCUT2D eigenvalue weighted by Crippen LogP contribution is -2.65. The largest absolute Gasteiger partial charge is 0.472 e. The Balaban J connectivity index is 2.73. The van der Waals surface area contributed by atoms with Crippen molar-refractivity contribution < 1.29 is 90.6 Å². The number of carbonyl (C=O) groups excluding carboxylic acids is 2. The number of allylic oxidation sites excluding steroid dienone is 4. The molecule has 0 heterocycles. The molecule has 19 nitrogen and oxygen atoms in total. The van der Waals surface area contributed by atoms with Crippen LogP contribution in [0, 0.1) is 0 Å². The van der Waals surface area contributed by atoms with E-state index >= 15 is 0 Å². The summed E-state index contributed by atoms with van der Waals surface area (Å²) in [7, 11) is -16.6. The molecule has 0 aromatic rings. The van der Waals surface area contributed by atoms with Crippen molar-refractivity contribution >= 4 is 35.4 Å². The van der Waals surface area contributed by atoms with Crippen molar-refractivity contribution in [3.63, 3.8) is 0 Å². The van der Waals surface area contributed by atoms with E-state index in [0.29, 0.717) is 12.8 Å². The number of carbonyl (C=O) groups is 2. The van der Waals surface area contributed by atoms with Gasteiger partial charge in [-0.25, -0.2) is 13.7 Å². The van der Waals surface area contributed by atoms with Gasteiger partial charge in [-0.2, -0.15) is 0 Å². The number of aliphatic hydroxyl groups is 3. The Morgan fingerprint density at radius 1 is 0.463 bits per heavy atom. The van der Waals surface area contributed by atoms with Crippen LogP contribution >= 0.6 is 23.5 Å². The van der Waals surface area contributed by atoms with Gasteiger partial charge in [-0.05, 0) is 64.2 Å². The Kier molecular flexibility index (Phi) is 35.5. The first-order chi connectivity index (χ1) is 31.8. The molecule has 0 aromatic carbocycles. The van der Waals surface area contributed by atoms with Crippen molar-refractivity contribution in [2.24, 2.45) is 0 Å². The minimum Gasteiger partial charge on any atom is -0.462 e. The molecule has 1 unspecified atom stereocenters. The Morgan fingerprint density at radius 2 is 0.821 bits per heavy atom. The van der Waals surface area contributed by atoms with E-state index in [1.54, 1.807) is 0 Å². The number of hydrogen-bond donors (Lipinski definition) is 8. The highest BCUT2D eigenvalue weighted by Crippen LogP contribution is 2.51. The molecule has 0 aromatic heterocycles. The first-order valence-electron chi connectivity index (χ1n) is 24.6. The molecule has 67 heavy (non-hydrogen) atoms. The number of unbranched alkanes of at least 4 members (excludes halogenated alkanes) is 22. The predicted octanol–water partition coefficient (Wildman–Crippen LogP) is 9.07. The summed E-state index contributed by atoms with van der Waals surface area (Å²) in [6.07, 6.45) is 20.5. The molecule has 0 spiro atoms. The highest BCUT2D eigenvalue weighted by Gasteiger charge is 2.56. The Bertz CT molecular complexity index is 1500. The van der Waals surface area contributed by atoms with Crippen molar-refractivity contribution in [1.29, 1.82) is 0 Å². The monoisotopic (exact) mass is 1020 g/mol. The van der Waals surface area contributed by atoms with E-state index in [0.717, 1.165) is 77.0 Å². The third-order valence-electron chi connectivity index (χ3n) is 11.2. The van der Waals surface area contributed by atoms with E-state index < -0.39 is 91.3 Å². The molecule has 8 atom stereocenters. The van der Waals surface area contributed by atoms with Gasteiger partial charge in [0.25, 0.3) is 0 Å². The first-order valence-corrected chi connectivity index (χ1v) is 29.2. The summed E-state index contributed by atoms with van der Waals surface area (Å²) in [6, 6.07) is 0. The van der Waals surface area contributed by atoms with Gasteiger partial charge in [0.2, 0.25) is 0 Å². The third kappa shape index (κ3) is 33.8. The summed E-state index contributed by atoms with van der Waals surface area (Å²) in [4.78, 5) is 73.2. The lowest BCUT2D eigenvalue weighted by molar-refractivity contribution is -0.213. The summed E-state index contributed by atoms with van der Waals surface area (Å²) in [5.74, 6) is -1.31. The fourth-order valence-corrected chi connectivity index (χ4v) is 9.61. The van der Waals surface area contributed by atoms with Crippen molar-refractivity contribution in [3.05, 3.63) is 24.3 Å².